The van der Waals surface area contributed by atoms with E-state index in [2.05, 4.69) is 37.1 Å². The fourth-order valence-corrected chi connectivity index (χ4v) is 1.57. The van der Waals surface area contributed by atoms with Gasteiger partial charge < -0.3 is 5.32 Å². The predicted molar refractivity (Wildman–Crippen MR) is 60.2 cm³/mol. The van der Waals surface area contributed by atoms with Gasteiger partial charge in [-0.3, -0.25) is 4.98 Å². The first kappa shape index (κ1) is 11.2. The van der Waals surface area contributed by atoms with Crippen molar-refractivity contribution in [3.63, 3.8) is 0 Å². The highest BCUT2D eigenvalue weighted by atomic mass is 14.9. The van der Waals surface area contributed by atoms with Gasteiger partial charge in [-0.25, -0.2) is 0 Å². The van der Waals surface area contributed by atoms with Crippen molar-refractivity contribution in [1.82, 2.24) is 10.3 Å². The molecule has 2 nitrogen and oxygen atoms in total. The van der Waals surface area contributed by atoms with Crippen molar-refractivity contribution < 1.29 is 0 Å². The summed E-state index contributed by atoms with van der Waals surface area (Å²) in [7, 11) is 2.01. The SMILES string of the molecule is CN[C@H](Cc1ccccn1)C(C)(C)C. The first-order valence-electron chi connectivity index (χ1n) is 5.11. The first-order valence-corrected chi connectivity index (χ1v) is 5.11. The van der Waals surface area contributed by atoms with Crippen LogP contribution in [0.5, 0.6) is 0 Å². The minimum atomic E-state index is 0.270. The van der Waals surface area contributed by atoms with Gasteiger partial charge in [-0.05, 0) is 24.6 Å². The van der Waals surface area contributed by atoms with E-state index in [1.54, 1.807) is 0 Å². The van der Waals surface area contributed by atoms with Crippen molar-refractivity contribution in [2.24, 2.45) is 5.41 Å². The number of aromatic nitrogens is 1. The summed E-state index contributed by atoms with van der Waals surface area (Å²) in [4.78, 5) is 4.34. The second-order valence-corrected chi connectivity index (χ2v) is 4.73. The summed E-state index contributed by atoms with van der Waals surface area (Å²) in [6, 6.07) is 6.54. The maximum atomic E-state index is 4.34. The van der Waals surface area contributed by atoms with E-state index in [0.29, 0.717) is 6.04 Å². The number of nitrogens with one attached hydrogen (secondary N) is 1. The molecule has 1 aromatic heterocycles. The number of rotatable bonds is 3. The quantitative estimate of drug-likeness (QED) is 0.794. The van der Waals surface area contributed by atoms with Crippen LogP contribution >= 0.6 is 0 Å². The van der Waals surface area contributed by atoms with Crippen molar-refractivity contribution in [3.8, 4) is 0 Å². The van der Waals surface area contributed by atoms with E-state index in [4.69, 9.17) is 0 Å². The average molecular weight is 192 g/mol. The van der Waals surface area contributed by atoms with E-state index >= 15 is 0 Å². The van der Waals surface area contributed by atoms with E-state index in [0.717, 1.165) is 12.1 Å². The van der Waals surface area contributed by atoms with Gasteiger partial charge in [0, 0.05) is 24.4 Å². The van der Waals surface area contributed by atoms with Crippen molar-refractivity contribution in [2.45, 2.75) is 33.2 Å². The van der Waals surface area contributed by atoms with Gasteiger partial charge in [0.05, 0.1) is 0 Å². The van der Waals surface area contributed by atoms with Crippen LogP contribution in [0, 0.1) is 5.41 Å². The summed E-state index contributed by atoms with van der Waals surface area (Å²) in [5, 5.41) is 3.35. The third kappa shape index (κ3) is 3.11. The summed E-state index contributed by atoms with van der Waals surface area (Å²) >= 11 is 0. The highest BCUT2D eigenvalue weighted by Gasteiger charge is 2.23. The second-order valence-electron chi connectivity index (χ2n) is 4.73. The van der Waals surface area contributed by atoms with Gasteiger partial charge in [0.15, 0.2) is 0 Å². The third-order valence-corrected chi connectivity index (χ3v) is 2.53. The molecule has 0 unspecified atom stereocenters. The molecule has 0 saturated carbocycles. The van der Waals surface area contributed by atoms with Gasteiger partial charge in [0.1, 0.15) is 0 Å². The standard InChI is InChI=1S/C12H20N2/c1-12(2,3)11(13-4)9-10-7-5-6-8-14-10/h5-8,11,13H,9H2,1-4H3/t11-/m1/s1. The van der Waals surface area contributed by atoms with Crippen LogP contribution in [-0.2, 0) is 6.42 Å². The Morgan fingerprint density at radius 3 is 2.50 bits per heavy atom. The molecule has 1 atom stereocenters. The Morgan fingerprint density at radius 2 is 2.07 bits per heavy atom. The van der Waals surface area contributed by atoms with E-state index < -0.39 is 0 Å². The number of hydrogen-bond acceptors (Lipinski definition) is 2. The number of hydrogen-bond donors (Lipinski definition) is 1. The lowest BCUT2D eigenvalue weighted by Crippen LogP contribution is -2.39. The average Bonchev–Trinajstić information content (AvgIpc) is 2.14. The molecule has 2 heteroatoms. The molecule has 14 heavy (non-hydrogen) atoms. The molecule has 0 fully saturated rings. The van der Waals surface area contributed by atoms with Crippen molar-refractivity contribution in [1.29, 1.82) is 0 Å². The van der Waals surface area contributed by atoms with Crippen LogP contribution in [0.15, 0.2) is 24.4 Å². The molecule has 0 saturated heterocycles. The molecular formula is C12H20N2. The molecule has 0 spiro atoms. The predicted octanol–water partition coefficient (Wildman–Crippen LogP) is 2.26. The van der Waals surface area contributed by atoms with Crippen molar-refractivity contribution in [2.75, 3.05) is 7.05 Å². The van der Waals surface area contributed by atoms with Crippen LogP contribution in [-0.4, -0.2) is 18.1 Å². The van der Waals surface area contributed by atoms with Crippen molar-refractivity contribution >= 4 is 0 Å². The lowest BCUT2D eigenvalue weighted by Gasteiger charge is -2.30. The van der Waals surface area contributed by atoms with Gasteiger partial charge in [0.25, 0.3) is 0 Å². The fraction of sp³-hybridized carbons (Fsp3) is 0.583. The topological polar surface area (TPSA) is 24.9 Å². The van der Waals surface area contributed by atoms with Crippen LogP contribution in [0.4, 0.5) is 0 Å². The summed E-state index contributed by atoms with van der Waals surface area (Å²) in [5.74, 6) is 0. The largest absolute Gasteiger partial charge is 0.316 e. The van der Waals surface area contributed by atoms with Crippen molar-refractivity contribution in [3.05, 3.63) is 30.1 Å². The highest BCUT2D eigenvalue weighted by molar-refractivity contribution is 5.06. The molecule has 1 rings (SSSR count). The Kier molecular flexibility index (Phi) is 3.64. The van der Waals surface area contributed by atoms with Crippen LogP contribution in [0.1, 0.15) is 26.5 Å². The Bertz CT molecular complexity index is 261. The van der Waals surface area contributed by atoms with Gasteiger partial charge in [-0.1, -0.05) is 26.8 Å². The molecule has 0 amide bonds. The normalized spacial score (nSPS) is 14.0. The van der Waals surface area contributed by atoms with Gasteiger partial charge >= 0.3 is 0 Å². The number of pyridine rings is 1. The monoisotopic (exact) mass is 192 g/mol. The zero-order valence-electron chi connectivity index (χ0n) is 9.54. The van der Waals surface area contributed by atoms with E-state index in [1.165, 1.54) is 0 Å². The Balaban J connectivity index is 2.67. The molecular weight excluding hydrogens is 172 g/mol. The molecule has 78 valence electrons. The smallest absolute Gasteiger partial charge is 0.0419 e. The Hall–Kier alpha value is -0.890. The van der Waals surface area contributed by atoms with Crippen LogP contribution in [0.3, 0.4) is 0 Å². The Morgan fingerprint density at radius 1 is 1.36 bits per heavy atom. The molecule has 0 aromatic carbocycles. The molecule has 0 aliphatic rings. The summed E-state index contributed by atoms with van der Waals surface area (Å²) < 4.78 is 0. The molecule has 0 bridgehead atoms. The summed E-state index contributed by atoms with van der Waals surface area (Å²) in [5.41, 5.74) is 1.42. The molecule has 1 heterocycles. The molecule has 0 aliphatic heterocycles. The third-order valence-electron chi connectivity index (χ3n) is 2.53. The van der Waals surface area contributed by atoms with E-state index in [-0.39, 0.29) is 5.41 Å². The van der Waals surface area contributed by atoms with E-state index in [9.17, 15) is 0 Å². The van der Waals surface area contributed by atoms with Crippen LogP contribution in [0.25, 0.3) is 0 Å². The molecule has 1 aromatic rings. The van der Waals surface area contributed by atoms with E-state index in [1.807, 2.05) is 25.4 Å². The lowest BCUT2D eigenvalue weighted by atomic mass is 9.84. The van der Waals surface area contributed by atoms with Crippen LogP contribution in [0.2, 0.25) is 0 Å². The molecule has 1 N–H and O–H groups in total. The van der Waals surface area contributed by atoms with Gasteiger partial charge in [-0.2, -0.15) is 0 Å². The molecule has 0 aliphatic carbocycles. The maximum Gasteiger partial charge on any atom is 0.0419 e. The summed E-state index contributed by atoms with van der Waals surface area (Å²) in [6.45, 7) is 6.74. The zero-order valence-corrected chi connectivity index (χ0v) is 9.54. The fourth-order valence-electron chi connectivity index (χ4n) is 1.57. The lowest BCUT2D eigenvalue weighted by molar-refractivity contribution is 0.278. The minimum absolute atomic E-state index is 0.270. The van der Waals surface area contributed by atoms with Crippen LogP contribution < -0.4 is 5.32 Å². The molecule has 0 radical (unpaired) electrons. The first-order chi connectivity index (χ1) is 6.54. The summed E-state index contributed by atoms with van der Waals surface area (Å²) in [6.07, 6.45) is 2.84. The van der Waals surface area contributed by atoms with Gasteiger partial charge in [0.2, 0.25) is 0 Å². The maximum absolute atomic E-state index is 4.34. The minimum Gasteiger partial charge on any atom is -0.316 e. The Labute approximate surface area is 86.8 Å². The number of nitrogens with zero attached hydrogens (tertiary/aromatic N) is 1. The number of likely N-dealkylation sites (N-methyl/N-ethyl adjacent to an activating group) is 1. The zero-order chi connectivity index (χ0) is 10.6. The highest BCUT2D eigenvalue weighted by Crippen LogP contribution is 2.21. The van der Waals surface area contributed by atoms with Gasteiger partial charge in [-0.15, -0.1) is 0 Å². The second kappa shape index (κ2) is 4.56.